The molecule has 2 N–H and O–H groups in total. The number of amides is 1. The molecule has 0 atom stereocenters. The second kappa shape index (κ2) is 8.30. The number of nitrogens with two attached hydrogens (primary N) is 1. The minimum Gasteiger partial charge on any atom is -0.366 e. The van der Waals surface area contributed by atoms with E-state index < -0.39 is 5.91 Å². The molecule has 0 aromatic carbocycles. The summed E-state index contributed by atoms with van der Waals surface area (Å²) >= 11 is 0. The van der Waals surface area contributed by atoms with Gasteiger partial charge in [-0.05, 0) is 35.1 Å². The first kappa shape index (κ1) is 17.2. The monoisotopic (exact) mass is 259 g/mol. The van der Waals surface area contributed by atoms with Crippen molar-refractivity contribution in [3.05, 3.63) is 60.8 Å². The minimum atomic E-state index is -0.590. The van der Waals surface area contributed by atoms with Crippen molar-refractivity contribution in [1.29, 1.82) is 0 Å². The molecule has 0 aliphatic heterocycles. The standard InChI is InChI=1S/C17H25NO/c1-7-8-9-10-11-12(2)13(3)14(4)15(5)16(6)17(18)19/h2-11H2,1H3,(H2,18,19). The lowest BCUT2D eigenvalue weighted by atomic mass is 9.90. The SMILES string of the molecule is C=C(CCCCCC)C(=C)C(=C)C(=C)C(=C)C(N)=O. The van der Waals surface area contributed by atoms with E-state index in [1.165, 1.54) is 19.3 Å². The van der Waals surface area contributed by atoms with Crippen LogP contribution < -0.4 is 5.73 Å². The van der Waals surface area contributed by atoms with E-state index in [1.54, 1.807) is 0 Å². The van der Waals surface area contributed by atoms with Crippen molar-refractivity contribution in [1.82, 2.24) is 0 Å². The summed E-state index contributed by atoms with van der Waals surface area (Å²) in [4.78, 5) is 11.1. The smallest absolute Gasteiger partial charge is 0.248 e. The second-order valence-electron chi connectivity index (χ2n) is 4.69. The molecular weight excluding hydrogens is 234 g/mol. The summed E-state index contributed by atoms with van der Waals surface area (Å²) in [5, 5.41) is 0. The first-order valence-corrected chi connectivity index (χ1v) is 6.57. The van der Waals surface area contributed by atoms with Crippen LogP contribution in [0.4, 0.5) is 0 Å². The second-order valence-corrected chi connectivity index (χ2v) is 4.69. The van der Waals surface area contributed by atoms with E-state index in [1.807, 2.05) is 0 Å². The molecule has 0 rings (SSSR count). The number of carbonyl (C=O) groups is 1. The van der Waals surface area contributed by atoms with Gasteiger partial charge in [0.15, 0.2) is 0 Å². The summed E-state index contributed by atoms with van der Waals surface area (Å²) < 4.78 is 0. The van der Waals surface area contributed by atoms with Gasteiger partial charge >= 0.3 is 0 Å². The molecule has 104 valence electrons. The topological polar surface area (TPSA) is 43.1 Å². The van der Waals surface area contributed by atoms with Crippen LogP contribution in [0.25, 0.3) is 0 Å². The molecule has 2 nitrogen and oxygen atoms in total. The van der Waals surface area contributed by atoms with E-state index in [4.69, 9.17) is 5.73 Å². The number of carbonyl (C=O) groups excluding carboxylic acids is 1. The zero-order valence-corrected chi connectivity index (χ0v) is 12.1. The molecule has 0 bridgehead atoms. The average Bonchev–Trinajstić information content (AvgIpc) is 2.39. The van der Waals surface area contributed by atoms with Crippen molar-refractivity contribution in [2.24, 2.45) is 5.73 Å². The number of allylic oxidation sites excluding steroid dienone is 3. The van der Waals surface area contributed by atoms with Gasteiger partial charge in [0.2, 0.25) is 5.91 Å². The van der Waals surface area contributed by atoms with E-state index in [2.05, 4.69) is 39.8 Å². The zero-order valence-electron chi connectivity index (χ0n) is 12.1. The van der Waals surface area contributed by atoms with Gasteiger partial charge in [0.05, 0.1) is 0 Å². The van der Waals surface area contributed by atoms with Crippen LogP contribution in [0.2, 0.25) is 0 Å². The lowest BCUT2D eigenvalue weighted by Gasteiger charge is -2.15. The predicted molar refractivity (Wildman–Crippen MR) is 83.7 cm³/mol. The van der Waals surface area contributed by atoms with Crippen molar-refractivity contribution in [2.75, 3.05) is 0 Å². The third-order valence-corrected chi connectivity index (χ3v) is 3.15. The van der Waals surface area contributed by atoms with Gasteiger partial charge in [0, 0.05) is 5.57 Å². The molecule has 0 spiro atoms. The van der Waals surface area contributed by atoms with Gasteiger partial charge in [-0.1, -0.05) is 59.1 Å². The molecule has 0 aromatic rings. The Morgan fingerprint density at radius 1 is 0.842 bits per heavy atom. The molecule has 0 aromatic heterocycles. The fourth-order valence-electron chi connectivity index (χ4n) is 1.64. The zero-order chi connectivity index (χ0) is 15.0. The molecule has 0 heterocycles. The van der Waals surface area contributed by atoms with Crippen molar-refractivity contribution in [3.8, 4) is 0 Å². The molecule has 0 saturated heterocycles. The van der Waals surface area contributed by atoms with Crippen LogP contribution in [0.1, 0.15) is 39.0 Å². The molecule has 0 fully saturated rings. The van der Waals surface area contributed by atoms with Gasteiger partial charge in [-0.15, -0.1) is 0 Å². The number of hydrogen-bond donors (Lipinski definition) is 1. The van der Waals surface area contributed by atoms with Crippen LogP contribution >= 0.6 is 0 Å². The van der Waals surface area contributed by atoms with E-state index >= 15 is 0 Å². The first-order valence-electron chi connectivity index (χ1n) is 6.57. The van der Waals surface area contributed by atoms with E-state index in [0.29, 0.717) is 11.1 Å². The van der Waals surface area contributed by atoms with Crippen molar-refractivity contribution < 1.29 is 4.79 Å². The van der Waals surface area contributed by atoms with Crippen LogP contribution in [-0.4, -0.2) is 5.91 Å². The Kier molecular flexibility index (Phi) is 7.50. The molecule has 0 radical (unpaired) electrons. The number of hydrogen-bond acceptors (Lipinski definition) is 1. The molecule has 19 heavy (non-hydrogen) atoms. The summed E-state index contributed by atoms with van der Waals surface area (Å²) in [6.45, 7) is 21.4. The highest BCUT2D eigenvalue weighted by Crippen LogP contribution is 2.27. The lowest BCUT2D eigenvalue weighted by Crippen LogP contribution is -2.15. The first-order chi connectivity index (χ1) is 8.82. The summed E-state index contributed by atoms with van der Waals surface area (Å²) in [6, 6.07) is 0. The van der Waals surface area contributed by atoms with Crippen molar-refractivity contribution in [2.45, 2.75) is 39.0 Å². The third kappa shape index (κ3) is 5.56. The van der Waals surface area contributed by atoms with Gasteiger partial charge in [0.25, 0.3) is 0 Å². The summed E-state index contributed by atoms with van der Waals surface area (Å²) in [5.74, 6) is -0.590. The molecule has 1 amide bonds. The Labute approximate surface area is 117 Å². The normalized spacial score (nSPS) is 9.74. The maximum atomic E-state index is 11.1. The van der Waals surface area contributed by atoms with Gasteiger partial charge in [-0.2, -0.15) is 0 Å². The molecule has 2 heteroatoms. The van der Waals surface area contributed by atoms with Crippen molar-refractivity contribution in [3.63, 3.8) is 0 Å². The van der Waals surface area contributed by atoms with Crippen LogP contribution in [0, 0.1) is 0 Å². The fraction of sp³-hybridized carbons (Fsp3) is 0.353. The quantitative estimate of drug-likeness (QED) is 0.356. The van der Waals surface area contributed by atoms with Crippen LogP contribution in [0.3, 0.4) is 0 Å². The maximum absolute atomic E-state index is 11.1. The van der Waals surface area contributed by atoms with Gasteiger partial charge in [-0.25, -0.2) is 0 Å². The summed E-state index contributed by atoms with van der Waals surface area (Å²) in [7, 11) is 0. The van der Waals surface area contributed by atoms with E-state index in [0.717, 1.165) is 24.0 Å². The minimum absolute atomic E-state index is 0.171. The predicted octanol–water partition coefficient (Wildman–Crippen LogP) is 4.22. The van der Waals surface area contributed by atoms with Gasteiger partial charge < -0.3 is 5.73 Å². The van der Waals surface area contributed by atoms with Crippen LogP contribution in [0.15, 0.2) is 60.8 Å². The highest BCUT2D eigenvalue weighted by molar-refractivity contribution is 5.97. The highest BCUT2D eigenvalue weighted by atomic mass is 16.1. The Hall–Kier alpha value is -1.83. The Morgan fingerprint density at radius 2 is 1.37 bits per heavy atom. The molecule has 0 unspecified atom stereocenters. The third-order valence-electron chi connectivity index (χ3n) is 3.15. The average molecular weight is 259 g/mol. The molecule has 0 aliphatic rings. The summed E-state index contributed by atoms with van der Waals surface area (Å²) in [6.07, 6.45) is 5.59. The largest absolute Gasteiger partial charge is 0.366 e. The van der Waals surface area contributed by atoms with Crippen LogP contribution in [-0.2, 0) is 4.79 Å². The van der Waals surface area contributed by atoms with Gasteiger partial charge in [0.1, 0.15) is 0 Å². The van der Waals surface area contributed by atoms with Gasteiger partial charge in [-0.3, -0.25) is 4.79 Å². The number of rotatable bonds is 10. The van der Waals surface area contributed by atoms with E-state index in [-0.39, 0.29) is 5.57 Å². The Balaban J connectivity index is 4.45. The molecule has 0 aliphatic carbocycles. The fourth-order valence-corrected chi connectivity index (χ4v) is 1.64. The van der Waals surface area contributed by atoms with Crippen molar-refractivity contribution >= 4 is 5.91 Å². The van der Waals surface area contributed by atoms with Crippen LogP contribution in [0.5, 0.6) is 0 Å². The highest BCUT2D eigenvalue weighted by Gasteiger charge is 2.13. The van der Waals surface area contributed by atoms with E-state index in [9.17, 15) is 4.79 Å². The Morgan fingerprint density at radius 3 is 1.84 bits per heavy atom. The molecular formula is C17H25NO. The summed E-state index contributed by atoms with van der Waals surface area (Å²) in [5.41, 5.74) is 8.02. The number of primary amides is 1. The number of unbranched alkanes of at least 4 members (excludes halogenated alkanes) is 3. The maximum Gasteiger partial charge on any atom is 0.248 e. The Bertz CT molecular complexity index is 427. The molecule has 0 saturated carbocycles. The lowest BCUT2D eigenvalue weighted by molar-refractivity contribution is -0.114.